The molecule has 0 aliphatic heterocycles. The van der Waals surface area contributed by atoms with Gasteiger partial charge in [-0.3, -0.25) is 0 Å². The van der Waals surface area contributed by atoms with Crippen LogP contribution in [0.5, 0.6) is 0 Å². The highest BCUT2D eigenvalue weighted by Crippen LogP contribution is 2.70. The number of ether oxygens (including phenoxy) is 2. The van der Waals surface area contributed by atoms with Crippen LogP contribution in [0.4, 0.5) is 0 Å². The fourth-order valence-electron chi connectivity index (χ4n) is 4.35. The van der Waals surface area contributed by atoms with Crippen LogP contribution in [0.25, 0.3) is 0 Å². The van der Waals surface area contributed by atoms with Crippen molar-refractivity contribution in [1.29, 1.82) is 0 Å². The van der Waals surface area contributed by atoms with E-state index in [-0.39, 0.29) is 0 Å². The third kappa shape index (κ3) is 3.18. The first-order valence-electron chi connectivity index (χ1n) is 10.0. The first kappa shape index (κ1) is 20.5. The van der Waals surface area contributed by atoms with Gasteiger partial charge in [-0.05, 0) is 48.5 Å². The van der Waals surface area contributed by atoms with E-state index in [1.165, 1.54) is 15.9 Å². The Morgan fingerprint density at radius 1 is 0.467 bits per heavy atom. The Morgan fingerprint density at radius 3 is 1.07 bits per heavy atom. The standard InChI is InChI=1S/C27H26O2P/c1-28-27(29-2,23-15-7-3-8-16-23)30(24-17-9-4-10-18-24,25-19-11-5-12-20-25)26-21-13-6-14-22-26/h3-22H,1-2H3/q+1. The van der Waals surface area contributed by atoms with Crippen LogP contribution in [-0.2, 0) is 15.0 Å². The van der Waals surface area contributed by atoms with Gasteiger partial charge in [0.1, 0.15) is 15.9 Å². The molecule has 0 heterocycles. The molecule has 0 saturated heterocycles. The van der Waals surface area contributed by atoms with Gasteiger partial charge in [0.05, 0.1) is 5.56 Å². The molecule has 0 N–H and O–H groups in total. The summed E-state index contributed by atoms with van der Waals surface area (Å²) >= 11 is 0. The maximum atomic E-state index is 6.43. The lowest BCUT2D eigenvalue weighted by atomic mass is 10.2. The van der Waals surface area contributed by atoms with Gasteiger partial charge in [0, 0.05) is 14.2 Å². The molecule has 0 amide bonds. The van der Waals surface area contributed by atoms with Gasteiger partial charge in [-0.2, -0.15) is 0 Å². The van der Waals surface area contributed by atoms with Crippen molar-refractivity contribution in [3.05, 3.63) is 127 Å². The van der Waals surface area contributed by atoms with E-state index in [0.717, 1.165) is 5.56 Å². The van der Waals surface area contributed by atoms with Crippen LogP contribution in [0.15, 0.2) is 121 Å². The molecule has 3 heteroatoms. The molecular formula is C27H26O2P+. The highest BCUT2D eigenvalue weighted by atomic mass is 31.2. The SMILES string of the molecule is COC(OC)(c1ccccc1)[P+](c1ccccc1)(c1ccccc1)c1ccccc1. The summed E-state index contributed by atoms with van der Waals surface area (Å²) in [5.74, 6) is 0. The summed E-state index contributed by atoms with van der Waals surface area (Å²) in [6.45, 7) is 0. The Balaban J connectivity index is 2.20. The first-order valence-corrected chi connectivity index (χ1v) is 11.8. The molecule has 0 bridgehead atoms. The summed E-state index contributed by atoms with van der Waals surface area (Å²) in [4.78, 5) is 0. The summed E-state index contributed by atoms with van der Waals surface area (Å²) in [6, 6.07) is 42.2. The number of benzene rings is 4. The van der Waals surface area contributed by atoms with E-state index < -0.39 is 12.8 Å². The van der Waals surface area contributed by atoms with Crippen LogP contribution in [-0.4, -0.2) is 14.2 Å². The number of hydrogen-bond donors (Lipinski definition) is 0. The topological polar surface area (TPSA) is 18.5 Å². The predicted octanol–water partition coefficient (Wildman–Crippen LogP) is 5.08. The Bertz CT molecular complexity index is 950. The lowest BCUT2D eigenvalue weighted by molar-refractivity contribution is -0.146. The van der Waals surface area contributed by atoms with Gasteiger partial charge in [0.25, 0.3) is 0 Å². The second kappa shape index (κ2) is 8.93. The zero-order chi connectivity index (χ0) is 20.9. The van der Waals surface area contributed by atoms with Crippen LogP contribution < -0.4 is 15.9 Å². The fourth-order valence-corrected chi connectivity index (χ4v) is 9.20. The van der Waals surface area contributed by atoms with Crippen LogP contribution in [0.3, 0.4) is 0 Å². The van der Waals surface area contributed by atoms with Gasteiger partial charge in [-0.1, -0.05) is 72.8 Å². The Hall–Kier alpha value is -2.77. The minimum atomic E-state index is -2.46. The van der Waals surface area contributed by atoms with Gasteiger partial charge in [0.2, 0.25) is 0 Å². The van der Waals surface area contributed by atoms with E-state index in [1.54, 1.807) is 14.2 Å². The smallest absolute Gasteiger partial charge is 0.318 e. The van der Waals surface area contributed by atoms with E-state index in [9.17, 15) is 0 Å². The summed E-state index contributed by atoms with van der Waals surface area (Å²) in [6.07, 6.45) is 0. The molecule has 0 aliphatic rings. The average molecular weight is 413 g/mol. The Labute approximate surface area is 179 Å². The highest BCUT2D eigenvalue weighted by Gasteiger charge is 2.66. The minimum Gasteiger partial charge on any atom is -0.318 e. The number of hydrogen-bond acceptors (Lipinski definition) is 2. The second-order valence-electron chi connectivity index (χ2n) is 7.03. The molecule has 0 saturated carbocycles. The second-order valence-corrected chi connectivity index (χ2v) is 10.5. The maximum absolute atomic E-state index is 6.43. The molecule has 0 atom stereocenters. The van der Waals surface area contributed by atoms with Crippen LogP contribution >= 0.6 is 7.26 Å². The molecule has 0 radical (unpaired) electrons. The van der Waals surface area contributed by atoms with Gasteiger partial charge in [-0.25, -0.2) is 0 Å². The van der Waals surface area contributed by atoms with Crippen molar-refractivity contribution in [2.75, 3.05) is 14.2 Å². The van der Waals surface area contributed by atoms with E-state index in [0.29, 0.717) is 0 Å². The van der Waals surface area contributed by atoms with E-state index in [4.69, 9.17) is 9.47 Å². The van der Waals surface area contributed by atoms with E-state index in [2.05, 4.69) is 103 Å². The molecule has 4 aromatic rings. The molecule has 150 valence electrons. The van der Waals surface area contributed by atoms with Crippen molar-refractivity contribution in [2.45, 2.75) is 5.53 Å². The van der Waals surface area contributed by atoms with Crippen LogP contribution in [0.1, 0.15) is 5.56 Å². The molecule has 0 fully saturated rings. The molecule has 4 aromatic carbocycles. The van der Waals surface area contributed by atoms with Crippen molar-refractivity contribution < 1.29 is 9.47 Å². The molecular weight excluding hydrogens is 387 g/mol. The monoisotopic (exact) mass is 413 g/mol. The zero-order valence-electron chi connectivity index (χ0n) is 17.3. The maximum Gasteiger partial charge on any atom is 0.325 e. The third-order valence-electron chi connectivity index (χ3n) is 5.56. The molecule has 0 aromatic heterocycles. The van der Waals surface area contributed by atoms with E-state index in [1.807, 2.05) is 18.2 Å². The van der Waals surface area contributed by atoms with Crippen molar-refractivity contribution in [2.24, 2.45) is 0 Å². The Morgan fingerprint density at radius 2 is 0.767 bits per heavy atom. The average Bonchev–Trinajstić information content (AvgIpc) is 2.85. The van der Waals surface area contributed by atoms with Gasteiger partial charge in [-0.15, -0.1) is 0 Å². The largest absolute Gasteiger partial charge is 0.325 e. The molecule has 0 unspecified atom stereocenters. The molecule has 0 spiro atoms. The predicted molar refractivity (Wildman–Crippen MR) is 127 cm³/mol. The van der Waals surface area contributed by atoms with Crippen molar-refractivity contribution >= 4 is 23.2 Å². The quantitative estimate of drug-likeness (QED) is 0.311. The number of methoxy groups -OCH3 is 2. The van der Waals surface area contributed by atoms with Gasteiger partial charge in [0.15, 0.2) is 7.26 Å². The van der Waals surface area contributed by atoms with Crippen LogP contribution in [0.2, 0.25) is 0 Å². The fraction of sp³-hybridized carbons (Fsp3) is 0.111. The van der Waals surface area contributed by atoms with Gasteiger partial charge >= 0.3 is 5.53 Å². The first-order chi connectivity index (χ1) is 14.8. The molecule has 0 aliphatic carbocycles. The lowest BCUT2D eigenvalue weighted by Crippen LogP contribution is -2.48. The minimum absolute atomic E-state index is 0.988. The van der Waals surface area contributed by atoms with E-state index >= 15 is 0 Å². The summed E-state index contributed by atoms with van der Waals surface area (Å²) in [7, 11) is 1.04. The molecule has 4 rings (SSSR count). The van der Waals surface area contributed by atoms with Crippen LogP contribution in [0, 0.1) is 0 Å². The highest BCUT2D eigenvalue weighted by molar-refractivity contribution is 7.96. The van der Waals surface area contributed by atoms with Crippen molar-refractivity contribution in [3.63, 3.8) is 0 Å². The lowest BCUT2D eigenvalue weighted by Gasteiger charge is -2.42. The van der Waals surface area contributed by atoms with Crippen molar-refractivity contribution in [1.82, 2.24) is 0 Å². The number of rotatable bonds is 7. The summed E-state index contributed by atoms with van der Waals surface area (Å²) in [5.41, 5.74) is 0.0121. The molecule has 30 heavy (non-hydrogen) atoms. The normalized spacial score (nSPS) is 11.9. The zero-order valence-corrected chi connectivity index (χ0v) is 18.2. The Kier molecular flexibility index (Phi) is 6.11. The molecule has 2 nitrogen and oxygen atoms in total. The third-order valence-corrected chi connectivity index (χ3v) is 10.3. The van der Waals surface area contributed by atoms with Gasteiger partial charge < -0.3 is 9.47 Å². The summed E-state index contributed by atoms with van der Waals surface area (Å²) < 4.78 is 12.9. The summed E-state index contributed by atoms with van der Waals surface area (Å²) in [5, 5.41) is 3.61. The van der Waals surface area contributed by atoms with Crippen molar-refractivity contribution in [3.8, 4) is 0 Å².